The number of nitrogen functional groups attached to an aromatic ring is 1. The van der Waals surface area contributed by atoms with Crippen LogP contribution in [0.25, 0.3) is 11.3 Å². The predicted octanol–water partition coefficient (Wildman–Crippen LogP) is 4.69. The molecule has 2 aromatic heterocycles. The van der Waals surface area contributed by atoms with Crippen LogP contribution < -0.4 is 10.5 Å². The van der Waals surface area contributed by atoms with E-state index in [-0.39, 0.29) is 0 Å². The van der Waals surface area contributed by atoms with Crippen molar-refractivity contribution in [3.8, 4) is 17.1 Å². The Morgan fingerprint density at radius 2 is 1.70 bits per heavy atom. The van der Waals surface area contributed by atoms with Gasteiger partial charge in [-0.1, -0.05) is 41.6 Å². The first-order valence-corrected chi connectivity index (χ1v) is 9.60. The number of anilines is 1. The van der Waals surface area contributed by atoms with E-state index in [9.17, 15) is 0 Å². The fourth-order valence-electron chi connectivity index (χ4n) is 3.10. The van der Waals surface area contributed by atoms with Gasteiger partial charge in [0.05, 0.1) is 17.8 Å². The smallest absolute Gasteiger partial charge is 0.170 e. The highest BCUT2D eigenvalue weighted by molar-refractivity contribution is 5.69. The topological polar surface area (TPSA) is 86.5 Å². The Morgan fingerprint density at radius 1 is 0.967 bits per heavy atom. The van der Waals surface area contributed by atoms with Crippen LogP contribution in [0.2, 0.25) is 0 Å². The lowest BCUT2D eigenvalue weighted by Crippen LogP contribution is -1.96. The Morgan fingerprint density at radius 3 is 2.43 bits per heavy atom. The number of nitrogens with two attached hydrogens (primary N) is 1. The van der Waals surface area contributed by atoms with Crippen molar-refractivity contribution in [2.75, 3.05) is 5.73 Å². The van der Waals surface area contributed by atoms with Crippen LogP contribution in [0.15, 0.2) is 82.4 Å². The van der Waals surface area contributed by atoms with E-state index in [1.807, 2.05) is 66.7 Å². The molecule has 0 spiro atoms. The molecule has 0 unspecified atom stereocenters. The minimum absolute atomic E-state index is 0.425. The van der Waals surface area contributed by atoms with E-state index in [1.165, 1.54) is 0 Å². The first kappa shape index (κ1) is 19.4. The van der Waals surface area contributed by atoms with Crippen LogP contribution in [-0.2, 0) is 19.6 Å². The third kappa shape index (κ3) is 4.72. The van der Waals surface area contributed by atoms with Gasteiger partial charge < -0.3 is 15.0 Å². The van der Waals surface area contributed by atoms with E-state index in [4.69, 9.17) is 15.0 Å². The standard InChI is InChI=1S/C24H22N4O2/c1-26-15-18-4-6-19(7-5-18)16-29-21-10-8-17(9-11-21)13-20-14-23(30-28-20)22-3-2-12-27-24(22)25/h2-12,14H,1,13,15-16H2,(H2,25,27). The maximum Gasteiger partial charge on any atom is 0.170 e. The van der Waals surface area contributed by atoms with Crippen LogP contribution in [0.5, 0.6) is 5.75 Å². The van der Waals surface area contributed by atoms with Gasteiger partial charge in [0.1, 0.15) is 18.2 Å². The molecule has 0 aliphatic carbocycles. The van der Waals surface area contributed by atoms with Gasteiger partial charge in [-0.25, -0.2) is 4.98 Å². The molecule has 0 bridgehead atoms. The molecule has 0 amide bonds. The van der Waals surface area contributed by atoms with Crippen LogP contribution in [0.4, 0.5) is 5.82 Å². The Kier molecular flexibility index (Phi) is 5.85. The van der Waals surface area contributed by atoms with Crippen molar-refractivity contribution >= 4 is 12.5 Å². The molecule has 0 fully saturated rings. The van der Waals surface area contributed by atoms with Gasteiger partial charge in [0.25, 0.3) is 0 Å². The second-order valence-electron chi connectivity index (χ2n) is 6.93. The average molecular weight is 398 g/mol. The minimum Gasteiger partial charge on any atom is -0.489 e. The van der Waals surface area contributed by atoms with Crippen molar-refractivity contribution in [1.29, 1.82) is 0 Å². The van der Waals surface area contributed by atoms with Crippen LogP contribution in [0, 0.1) is 0 Å². The fraction of sp³-hybridized carbons (Fsp3) is 0.125. The van der Waals surface area contributed by atoms with Gasteiger partial charge in [-0.2, -0.15) is 0 Å². The number of aromatic nitrogens is 2. The van der Waals surface area contributed by atoms with Gasteiger partial charge in [0.2, 0.25) is 0 Å². The number of pyridine rings is 1. The van der Waals surface area contributed by atoms with Gasteiger partial charge in [0, 0.05) is 18.7 Å². The summed E-state index contributed by atoms with van der Waals surface area (Å²) in [5, 5.41) is 4.15. The molecule has 6 heteroatoms. The second-order valence-corrected chi connectivity index (χ2v) is 6.93. The molecule has 0 saturated carbocycles. The van der Waals surface area contributed by atoms with Gasteiger partial charge >= 0.3 is 0 Å². The molecule has 2 heterocycles. The Balaban J connectivity index is 1.35. The van der Waals surface area contributed by atoms with Crippen molar-refractivity contribution in [3.05, 3.63) is 95.3 Å². The summed E-state index contributed by atoms with van der Waals surface area (Å²) in [6, 6.07) is 21.7. The number of aliphatic imine (C=N–C) groups is 1. The van der Waals surface area contributed by atoms with Crippen LogP contribution in [0.1, 0.15) is 22.4 Å². The second kappa shape index (κ2) is 9.05. The lowest BCUT2D eigenvalue weighted by molar-refractivity contribution is 0.306. The zero-order valence-corrected chi connectivity index (χ0v) is 16.5. The molecule has 0 atom stereocenters. The highest BCUT2D eigenvalue weighted by Crippen LogP contribution is 2.25. The summed E-state index contributed by atoms with van der Waals surface area (Å²) < 4.78 is 11.3. The lowest BCUT2D eigenvalue weighted by Gasteiger charge is -2.07. The summed E-state index contributed by atoms with van der Waals surface area (Å²) in [6.45, 7) is 4.66. The van der Waals surface area contributed by atoms with E-state index in [0.29, 0.717) is 31.2 Å². The maximum absolute atomic E-state index is 5.90. The molecular formula is C24H22N4O2. The van der Waals surface area contributed by atoms with Crippen molar-refractivity contribution in [3.63, 3.8) is 0 Å². The Labute approximate surface area is 175 Å². The summed E-state index contributed by atoms with van der Waals surface area (Å²) in [6.07, 6.45) is 2.30. The lowest BCUT2D eigenvalue weighted by atomic mass is 10.1. The first-order valence-electron chi connectivity index (χ1n) is 9.60. The first-order chi connectivity index (χ1) is 14.7. The van der Waals surface area contributed by atoms with E-state index in [1.54, 1.807) is 6.20 Å². The van der Waals surface area contributed by atoms with Gasteiger partial charge in [-0.05, 0) is 47.7 Å². The largest absolute Gasteiger partial charge is 0.489 e. The summed E-state index contributed by atoms with van der Waals surface area (Å²) >= 11 is 0. The Bertz CT molecular complexity index is 1120. The van der Waals surface area contributed by atoms with E-state index < -0.39 is 0 Å². The highest BCUT2D eigenvalue weighted by Gasteiger charge is 2.10. The van der Waals surface area contributed by atoms with Crippen molar-refractivity contribution < 1.29 is 9.26 Å². The molecule has 2 N–H and O–H groups in total. The molecular weight excluding hydrogens is 376 g/mol. The molecule has 0 radical (unpaired) electrons. The number of benzene rings is 2. The van der Waals surface area contributed by atoms with Gasteiger partial charge in [-0.15, -0.1) is 0 Å². The van der Waals surface area contributed by atoms with Crippen molar-refractivity contribution in [2.24, 2.45) is 4.99 Å². The average Bonchev–Trinajstić information content (AvgIpc) is 3.23. The van der Waals surface area contributed by atoms with Crippen molar-refractivity contribution in [2.45, 2.75) is 19.6 Å². The monoisotopic (exact) mass is 398 g/mol. The summed E-state index contributed by atoms with van der Waals surface area (Å²) in [5.74, 6) is 1.86. The minimum atomic E-state index is 0.425. The number of rotatable bonds is 8. The van der Waals surface area contributed by atoms with E-state index in [0.717, 1.165) is 33.7 Å². The number of ether oxygens (including phenoxy) is 1. The summed E-state index contributed by atoms with van der Waals surface area (Å²) in [7, 11) is 0. The predicted molar refractivity (Wildman–Crippen MR) is 117 cm³/mol. The molecule has 150 valence electrons. The summed E-state index contributed by atoms with van der Waals surface area (Å²) in [4.78, 5) is 7.97. The fourth-order valence-corrected chi connectivity index (χ4v) is 3.10. The number of nitrogens with zero attached hydrogens (tertiary/aromatic N) is 3. The zero-order valence-electron chi connectivity index (χ0n) is 16.5. The quantitative estimate of drug-likeness (QED) is 0.435. The SMILES string of the molecule is C=NCc1ccc(COc2ccc(Cc3cc(-c4cccnc4N)on3)cc2)cc1. The molecule has 0 aliphatic rings. The Hall–Kier alpha value is -3.93. The summed E-state index contributed by atoms with van der Waals surface area (Å²) in [5.41, 5.74) is 10.8. The molecule has 2 aromatic carbocycles. The highest BCUT2D eigenvalue weighted by atomic mass is 16.5. The molecule has 6 nitrogen and oxygen atoms in total. The molecule has 30 heavy (non-hydrogen) atoms. The van der Waals surface area contributed by atoms with Crippen molar-refractivity contribution in [1.82, 2.24) is 10.1 Å². The molecule has 0 saturated heterocycles. The zero-order chi connectivity index (χ0) is 20.8. The molecule has 4 rings (SSSR count). The molecule has 4 aromatic rings. The van der Waals surface area contributed by atoms with Crippen LogP contribution in [0.3, 0.4) is 0 Å². The van der Waals surface area contributed by atoms with Gasteiger partial charge in [0.15, 0.2) is 5.76 Å². The third-order valence-corrected chi connectivity index (χ3v) is 4.69. The van der Waals surface area contributed by atoms with Crippen LogP contribution >= 0.6 is 0 Å². The van der Waals surface area contributed by atoms with E-state index >= 15 is 0 Å². The molecule has 0 aliphatic heterocycles. The number of hydrogen-bond donors (Lipinski definition) is 1. The van der Waals surface area contributed by atoms with Gasteiger partial charge in [-0.3, -0.25) is 4.99 Å². The normalized spacial score (nSPS) is 10.7. The number of hydrogen-bond acceptors (Lipinski definition) is 6. The van der Waals surface area contributed by atoms with Crippen LogP contribution in [-0.4, -0.2) is 16.9 Å². The van der Waals surface area contributed by atoms with E-state index in [2.05, 4.69) is 21.9 Å². The maximum atomic E-state index is 5.90. The third-order valence-electron chi connectivity index (χ3n) is 4.69.